The number of aryl methyl sites for hydroxylation is 1. The van der Waals surface area contributed by atoms with Crippen LogP contribution in [0.1, 0.15) is 25.1 Å². The van der Waals surface area contributed by atoms with Gasteiger partial charge in [-0.1, -0.05) is 23.7 Å². The van der Waals surface area contributed by atoms with Gasteiger partial charge in [0.05, 0.1) is 30.5 Å². The smallest absolute Gasteiger partial charge is 0.251 e. The van der Waals surface area contributed by atoms with E-state index in [-0.39, 0.29) is 18.6 Å². The maximum absolute atomic E-state index is 12.7. The number of morpholine rings is 1. The zero-order chi connectivity index (χ0) is 18.9. The highest BCUT2D eigenvalue weighted by molar-refractivity contribution is 6.35. The molecule has 0 bridgehead atoms. The van der Waals surface area contributed by atoms with Crippen molar-refractivity contribution in [3.8, 4) is 0 Å². The fourth-order valence-corrected chi connectivity index (χ4v) is 3.60. The SMILES string of the molecule is Cc1cnc(C(C)(C)NC(=O)[C@@H]2CN[C@H](CO)CO2)c2cccc(Cl)c12. The number of rotatable bonds is 4. The number of carbonyl (C=O) groups is 1. The van der Waals surface area contributed by atoms with Crippen molar-refractivity contribution >= 4 is 28.3 Å². The molecule has 0 unspecified atom stereocenters. The normalized spacial score (nSPS) is 21.0. The third-order valence-corrected chi connectivity index (χ3v) is 5.00. The number of benzene rings is 1. The molecular weight excluding hydrogens is 354 g/mol. The second-order valence-corrected chi connectivity index (χ2v) is 7.58. The number of ether oxygens (including phenoxy) is 1. The van der Waals surface area contributed by atoms with Gasteiger partial charge in [-0.15, -0.1) is 0 Å². The van der Waals surface area contributed by atoms with Crippen LogP contribution in [0.15, 0.2) is 24.4 Å². The van der Waals surface area contributed by atoms with Crippen molar-refractivity contribution in [1.29, 1.82) is 0 Å². The molecule has 3 N–H and O–H groups in total. The van der Waals surface area contributed by atoms with Gasteiger partial charge in [0, 0.05) is 28.5 Å². The minimum absolute atomic E-state index is 0.0140. The molecule has 0 radical (unpaired) electrons. The lowest BCUT2D eigenvalue weighted by Gasteiger charge is -2.33. The minimum Gasteiger partial charge on any atom is -0.395 e. The van der Waals surface area contributed by atoms with Crippen LogP contribution in [0, 0.1) is 6.92 Å². The summed E-state index contributed by atoms with van der Waals surface area (Å²) in [6.45, 7) is 6.44. The first-order valence-corrected chi connectivity index (χ1v) is 9.03. The van der Waals surface area contributed by atoms with Crippen molar-refractivity contribution in [2.24, 2.45) is 0 Å². The number of aliphatic hydroxyl groups excluding tert-OH is 1. The Labute approximate surface area is 157 Å². The Morgan fingerprint density at radius 1 is 1.50 bits per heavy atom. The summed E-state index contributed by atoms with van der Waals surface area (Å²) in [5, 5.41) is 17.8. The van der Waals surface area contributed by atoms with Gasteiger partial charge in [0.1, 0.15) is 6.10 Å². The largest absolute Gasteiger partial charge is 0.395 e. The molecule has 1 saturated heterocycles. The van der Waals surface area contributed by atoms with Crippen LogP contribution < -0.4 is 10.6 Å². The van der Waals surface area contributed by atoms with Crippen molar-refractivity contribution in [2.75, 3.05) is 19.8 Å². The van der Waals surface area contributed by atoms with Crippen molar-refractivity contribution in [3.05, 3.63) is 40.7 Å². The van der Waals surface area contributed by atoms with E-state index >= 15 is 0 Å². The first kappa shape index (κ1) is 19.0. The van der Waals surface area contributed by atoms with Crippen molar-refractivity contribution in [1.82, 2.24) is 15.6 Å². The molecule has 1 amide bonds. The van der Waals surface area contributed by atoms with Crippen LogP contribution in [-0.2, 0) is 15.1 Å². The van der Waals surface area contributed by atoms with Crippen LogP contribution in [0.3, 0.4) is 0 Å². The molecule has 2 atom stereocenters. The Hall–Kier alpha value is -1.73. The van der Waals surface area contributed by atoms with Gasteiger partial charge in [0.2, 0.25) is 0 Å². The maximum atomic E-state index is 12.7. The topological polar surface area (TPSA) is 83.5 Å². The van der Waals surface area contributed by atoms with Gasteiger partial charge in [-0.05, 0) is 32.4 Å². The summed E-state index contributed by atoms with van der Waals surface area (Å²) in [5.41, 5.74) is 1.04. The lowest BCUT2D eigenvalue weighted by atomic mass is 9.93. The number of carbonyl (C=O) groups excluding carboxylic acids is 1. The van der Waals surface area contributed by atoms with Gasteiger partial charge in [0.25, 0.3) is 5.91 Å². The van der Waals surface area contributed by atoms with Crippen LogP contribution in [0.5, 0.6) is 0 Å². The van der Waals surface area contributed by atoms with Gasteiger partial charge in [0.15, 0.2) is 0 Å². The maximum Gasteiger partial charge on any atom is 0.251 e. The monoisotopic (exact) mass is 377 g/mol. The zero-order valence-electron chi connectivity index (χ0n) is 15.2. The Kier molecular flexibility index (Phi) is 5.48. The van der Waals surface area contributed by atoms with E-state index in [4.69, 9.17) is 21.4 Å². The summed E-state index contributed by atoms with van der Waals surface area (Å²) in [6, 6.07) is 5.58. The number of halogens is 1. The molecule has 2 aromatic rings. The van der Waals surface area contributed by atoms with Gasteiger partial charge in [-0.25, -0.2) is 0 Å². The van der Waals surface area contributed by atoms with Crippen molar-refractivity contribution in [3.63, 3.8) is 0 Å². The van der Waals surface area contributed by atoms with Crippen molar-refractivity contribution in [2.45, 2.75) is 38.5 Å². The first-order valence-electron chi connectivity index (χ1n) is 8.65. The molecule has 140 valence electrons. The number of amides is 1. The predicted octanol–water partition coefficient (Wildman–Crippen LogP) is 1.90. The van der Waals surface area contributed by atoms with Gasteiger partial charge in [-0.3, -0.25) is 9.78 Å². The molecule has 3 rings (SSSR count). The van der Waals surface area contributed by atoms with Crippen LogP contribution in [0.4, 0.5) is 0 Å². The highest BCUT2D eigenvalue weighted by Crippen LogP contribution is 2.32. The lowest BCUT2D eigenvalue weighted by Crippen LogP contribution is -2.56. The van der Waals surface area contributed by atoms with Crippen LogP contribution in [-0.4, -0.2) is 47.9 Å². The Morgan fingerprint density at radius 2 is 2.27 bits per heavy atom. The summed E-state index contributed by atoms with van der Waals surface area (Å²) in [6.07, 6.45) is 1.18. The number of aliphatic hydroxyl groups is 1. The summed E-state index contributed by atoms with van der Waals surface area (Å²) in [7, 11) is 0. The molecule has 0 aliphatic carbocycles. The van der Waals surface area contributed by atoms with E-state index in [1.54, 1.807) is 6.20 Å². The number of hydrogen-bond donors (Lipinski definition) is 3. The number of fused-ring (bicyclic) bond motifs is 1. The van der Waals surface area contributed by atoms with E-state index in [1.807, 2.05) is 39.0 Å². The summed E-state index contributed by atoms with van der Waals surface area (Å²) in [5.74, 6) is -0.212. The average molecular weight is 378 g/mol. The van der Waals surface area contributed by atoms with E-state index in [2.05, 4.69) is 15.6 Å². The molecule has 1 aromatic carbocycles. The van der Waals surface area contributed by atoms with Gasteiger partial charge in [-0.2, -0.15) is 0 Å². The molecule has 26 heavy (non-hydrogen) atoms. The van der Waals surface area contributed by atoms with E-state index in [9.17, 15) is 4.79 Å². The third kappa shape index (κ3) is 3.69. The molecule has 6 nitrogen and oxygen atoms in total. The van der Waals surface area contributed by atoms with Gasteiger partial charge < -0.3 is 20.5 Å². The highest BCUT2D eigenvalue weighted by atomic mass is 35.5. The molecule has 2 heterocycles. The Morgan fingerprint density at radius 3 is 2.92 bits per heavy atom. The Balaban J connectivity index is 1.85. The second-order valence-electron chi connectivity index (χ2n) is 7.18. The van der Waals surface area contributed by atoms with Crippen LogP contribution in [0.2, 0.25) is 5.02 Å². The fraction of sp³-hybridized carbons (Fsp3) is 0.474. The van der Waals surface area contributed by atoms with E-state index in [1.165, 1.54) is 0 Å². The highest BCUT2D eigenvalue weighted by Gasteiger charge is 2.32. The van der Waals surface area contributed by atoms with E-state index in [0.29, 0.717) is 18.2 Å². The quantitative estimate of drug-likeness (QED) is 0.758. The number of nitrogens with zero attached hydrogens (tertiary/aromatic N) is 1. The van der Waals surface area contributed by atoms with Crippen molar-refractivity contribution < 1.29 is 14.6 Å². The standard InChI is InChI=1S/C19H24ClN3O3/c1-11-7-22-17(13-5-4-6-14(20)16(11)13)19(2,3)23-18(25)15-8-21-12(9-24)10-26-15/h4-7,12,15,21,24H,8-10H2,1-3H3,(H,23,25)/t12-,15+/m1/s1. The molecule has 7 heteroatoms. The fourth-order valence-electron chi connectivity index (χ4n) is 3.27. The van der Waals surface area contributed by atoms with Crippen LogP contribution >= 0.6 is 11.6 Å². The number of nitrogens with one attached hydrogen (secondary N) is 2. The second kappa shape index (κ2) is 7.48. The number of pyridine rings is 1. The Bertz CT molecular complexity index is 809. The zero-order valence-corrected chi connectivity index (χ0v) is 15.9. The molecule has 1 aromatic heterocycles. The average Bonchev–Trinajstić information content (AvgIpc) is 2.61. The third-order valence-electron chi connectivity index (χ3n) is 4.68. The molecule has 1 aliphatic heterocycles. The minimum atomic E-state index is -0.703. The summed E-state index contributed by atoms with van der Waals surface area (Å²) in [4.78, 5) is 17.2. The van der Waals surface area contributed by atoms with E-state index in [0.717, 1.165) is 22.0 Å². The molecule has 0 spiro atoms. The molecule has 1 aliphatic rings. The van der Waals surface area contributed by atoms with Crippen LogP contribution in [0.25, 0.3) is 10.8 Å². The summed E-state index contributed by atoms with van der Waals surface area (Å²) < 4.78 is 5.57. The number of aromatic nitrogens is 1. The summed E-state index contributed by atoms with van der Waals surface area (Å²) >= 11 is 6.38. The predicted molar refractivity (Wildman–Crippen MR) is 101 cm³/mol. The van der Waals surface area contributed by atoms with Gasteiger partial charge >= 0.3 is 0 Å². The molecule has 1 fully saturated rings. The van der Waals surface area contributed by atoms with E-state index < -0.39 is 11.6 Å². The molecular formula is C19H24ClN3O3. The number of hydrogen-bond acceptors (Lipinski definition) is 5. The lowest BCUT2D eigenvalue weighted by molar-refractivity contribution is -0.137. The first-order chi connectivity index (χ1) is 12.3. The molecule has 0 saturated carbocycles.